The molecule has 0 unspecified atom stereocenters. The molecule has 0 saturated heterocycles. The lowest BCUT2D eigenvalue weighted by atomic mass is 10.1. The summed E-state index contributed by atoms with van der Waals surface area (Å²) in [7, 11) is 0. The van der Waals surface area contributed by atoms with Gasteiger partial charge in [-0.25, -0.2) is 0 Å². The third-order valence-corrected chi connectivity index (χ3v) is 1.36. The second-order valence-corrected chi connectivity index (χ2v) is 2.15. The molecule has 3 N–H and O–H groups in total. The molecule has 0 aromatic heterocycles. The van der Waals surface area contributed by atoms with Crippen LogP contribution < -0.4 is 5.73 Å². The van der Waals surface area contributed by atoms with E-state index in [1.165, 1.54) is 0 Å². The zero-order chi connectivity index (χ0) is 7.56. The normalized spacial score (nSPS) is 9.30. The van der Waals surface area contributed by atoms with Gasteiger partial charge in [-0.1, -0.05) is 18.2 Å². The number of hydrogen-bond acceptors (Lipinski definition) is 1. The highest BCUT2D eigenvalue weighted by Crippen LogP contribution is 2.03. The van der Waals surface area contributed by atoms with E-state index in [-0.39, 0.29) is 5.84 Å². The first-order valence-corrected chi connectivity index (χ1v) is 3.03. The molecule has 1 aromatic carbocycles. The van der Waals surface area contributed by atoms with Crippen LogP contribution in [0.3, 0.4) is 0 Å². The first kappa shape index (κ1) is 6.81. The Bertz CT molecular complexity index is 253. The molecular weight excluding hydrogens is 124 g/mol. The molecule has 2 nitrogen and oxygen atoms in total. The zero-order valence-corrected chi connectivity index (χ0v) is 5.81. The van der Waals surface area contributed by atoms with Crippen molar-refractivity contribution in [3.05, 3.63) is 35.4 Å². The highest BCUT2D eigenvalue weighted by Gasteiger charge is 1.97. The van der Waals surface area contributed by atoms with Gasteiger partial charge < -0.3 is 5.73 Å². The second-order valence-electron chi connectivity index (χ2n) is 2.15. The molecule has 0 aliphatic rings. The van der Waals surface area contributed by atoms with E-state index in [0.717, 1.165) is 11.1 Å². The van der Waals surface area contributed by atoms with Crippen LogP contribution in [0.4, 0.5) is 0 Å². The molecule has 10 heavy (non-hydrogen) atoms. The Morgan fingerprint density at radius 2 is 2.40 bits per heavy atom. The van der Waals surface area contributed by atoms with E-state index in [2.05, 4.69) is 6.07 Å². The molecule has 1 rings (SSSR count). The predicted octanol–water partition coefficient (Wildman–Crippen LogP) is 1.08. The van der Waals surface area contributed by atoms with Gasteiger partial charge in [-0.05, 0) is 18.6 Å². The first-order valence-electron chi connectivity index (χ1n) is 3.03. The highest BCUT2D eigenvalue weighted by atomic mass is 14.7. The van der Waals surface area contributed by atoms with E-state index in [0.29, 0.717) is 0 Å². The Morgan fingerprint density at radius 3 is 2.80 bits per heavy atom. The summed E-state index contributed by atoms with van der Waals surface area (Å²) in [5, 5.41) is 7.14. The molecular formula is C8H9N2. The Hall–Kier alpha value is -1.31. The van der Waals surface area contributed by atoms with Crippen molar-refractivity contribution in [1.29, 1.82) is 5.41 Å². The van der Waals surface area contributed by atoms with Gasteiger partial charge >= 0.3 is 0 Å². The van der Waals surface area contributed by atoms with Crippen LogP contribution in [-0.2, 0) is 0 Å². The fourth-order valence-electron chi connectivity index (χ4n) is 0.816. The maximum Gasteiger partial charge on any atom is 0.123 e. The number of amidine groups is 1. The van der Waals surface area contributed by atoms with Gasteiger partial charge in [0.2, 0.25) is 0 Å². The summed E-state index contributed by atoms with van der Waals surface area (Å²) >= 11 is 0. The summed E-state index contributed by atoms with van der Waals surface area (Å²) < 4.78 is 0. The molecule has 2 heteroatoms. The van der Waals surface area contributed by atoms with E-state index in [1.807, 2.05) is 13.0 Å². The van der Waals surface area contributed by atoms with Gasteiger partial charge in [0.25, 0.3) is 0 Å². The molecule has 0 atom stereocenters. The lowest BCUT2D eigenvalue weighted by molar-refractivity contribution is 1.36. The van der Waals surface area contributed by atoms with E-state index in [4.69, 9.17) is 11.1 Å². The first-order chi connectivity index (χ1) is 4.72. The van der Waals surface area contributed by atoms with E-state index in [1.54, 1.807) is 12.1 Å². The fraction of sp³-hybridized carbons (Fsp3) is 0.125. The van der Waals surface area contributed by atoms with Crippen molar-refractivity contribution in [2.24, 2.45) is 5.73 Å². The maximum absolute atomic E-state index is 7.14. The Morgan fingerprint density at radius 1 is 1.70 bits per heavy atom. The summed E-state index contributed by atoms with van der Waals surface area (Å²) in [6.07, 6.45) is 0. The third-order valence-electron chi connectivity index (χ3n) is 1.36. The van der Waals surface area contributed by atoms with Crippen molar-refractivity contribution in [3.8, 4) is 0 Å². The Labute approximate surface area is 60.2 Å². The molecule has 0 saturated carbocycles. The summed E-state index contributed by atoms with van der Waals surface area (Å²) in [5.74, 6) is 0.117. The van der Waals surface area contributed by atoms with Crippen LogP contribution >= 0.6 is 0 Å². The van der Waals surface area contributed by atoms with E-state index in [9.17, 15) is 0 Å². The molecule has 0 bridgehead atoms. The minimum Gasteiger partial charge on any atom is -0.384 e. The average molecular weight is 133 g/mol. The third kappa shape index (κ3) is 1.16. The second kappa shape index (κ2) is 2.52. The summed E-state index contributed by atoms with van der Waals surface area (Å²) in [6, 6.07) is 8.26. The van der Waals surface area contributed by atoms with Gasteiger partial charge in [0.1, 0.15) is 5.84 Å². The summed E-state index contributed by atoms with van der Waals surface area (Å²) in [5.41, 5.74) is 7.07. The number of nitrogen functional groups attached to an aromatic ring is 1. The molecule has 0 spiro atoms. The van der Waals surface area contributed by atoms with Gasteiger partial charge in [0, 0.05) is 5.56 Å². The van der Waals surface area contributed by atoms with Crippen molar-refractivity contribution >= 4 is 5.84 Å². The van der Waals surface area contributed by atoms with E-state index < -0.39 is 0 Å². The van der Waals surface area contributed by atoms with Gasteiger partial charge in [-0.2, -0.15) is 0 Å². The zero-order valence-electron chi connectivity index (χ0n) is 5.81. The lowest BCUT2D eigenvalue weighted by Crippen LogP contribution is -2.12. The number of rotatable bonds is 1. The Balaban J connectivity index is 3.15. The summed E-state index contributed by atoms with van der Waals surface area (Å²) in [6.45, 7) is 1.91. The van der Waals surface area contributed by atoms with Crippen molar-refractivity contribution in [3.63, 3.8) is 0 Å². The van der Waals surface area contributed by atoms with Crippen LogP contribution in [-0.4, -0.2) is 5.84 Å². The minimum absolute atomic E-state index is 0.117. The standard InChI is InChI=1S/C8H9N2/c1-6-4-2-3-5-7(6)8(9)10/h3-5H,1H3,(H3,9,10). The lowest BCUT2D eigenvalue weighted by Gasteiger charge is -1.99. The molecule has 1 aromatic rings. The number of benzene rings is 1. The average Bonchev–Trinajstić information content (AvgIpc) is 1.88. The molecule has 0 heterocycles. The maximum atomic E-state index is 7.14. The molecule has 0 aliphatic carbocycles. The minimum atomic E-state index is 0.117. The van der Waals surface area contributed by atoms with Crippen LogP contribution in [0.2, 0.25) is 0 Å². The smallest absolute Gasteiger partial charge is 0.123 e. The van der Waals surface area contributed by atoms with Crippen LogP contribution in [0.1, 0.15) is 11.1 Å². The summed E-state index contributed by atoms with van der Waals surface area (Å²) in [4.78, 5) is 0. The molecule has 0 aliphatic heterocycles. The monoisotopic (exact) mass is 133 g/mol. The van der Waals surface area contributed by atoms with E-state index >= 15 is 0 Å². The number of nitrogens with two attached hydrogens (primary N) is 1. The molecule has 51 valence electrons. The topological polar surface area (TPSA) is 49.9 Å². The Kier molecular flexibility index (Phi) is 1.71. The SMILES string of the molecule is Cc1c[c]ccc1C(=N)N. The van der Waals surface area contributed by atoms with Gasteiger partial charge in [0.05, 0.1) is 0 Å². The van der Waals surface area contributed by atoms with Crippen LogP contribution in [0.25, 0.3) is 0 Å². The van der Waals surface area contributed by atoms with Crippen molar-refractivity contribution in [1.82, 2.24) is 0 Å². The van der Waals surface area contributed by atoms with Gasteiger partial charge in [0.15, 0.2) is 0 Å². The highest BCUT2D eigenvalue weighted by molar-refractivity contribution is 5.96. The van der Waals surface area contributed by atoms with Crippen molar-refractivity contribution in [2.75, 3.05) is 0 Å². The number of nitrogens with one attached hydrogen (secondary N) is 1. The van der Waals surface area contributed by atoms with Crippen LogP contribution in [0, 0.1) is 18.4 Å². The molecule has 0 fully saturated rings. The van der Waals surface area contributed by atoms with Crippen molar-refractivity contribution in [2.45, 2.75) is 6.92 Å². The number of hydrogen-bond donors (Lipinski definition) is 2. The molecule has 0 amide bonds. The number of aryl methyl sites for hydroxylation is 1. The largest absolute Gasteiger partial charge is 0.384 e. The molecule has 1 radical (unpaired) electrons. The van der Waals surface area contributed by atoms with Crippen molar-refractivity contribution < 1.29 is 0 Å². The van der Waals surface area contributed by atoms with Gasteiger partial charge in [-0.3, -0.25) is 5.41 Å². The fourth-order valence-corrected chi connectivity index (χ4v) is 0.816. The predicted molar refractivity (Wildman–Crippen MR) is 41.0 cm³/mol. The van der Waals surface area contributed by atoms with Crippen LogP contribution in [0.15, 0.2) is 18.2 Å². The van der Waals surface area contributed by atoms with Crippen LogP contribution in [0.5, 0.6) is 0 Å². The quantitative estimate of drug-likeness (QED) is 0.437. The van der Waals surface area contributed by atoms with Gasteiger partial charge in [-0.15, -0.1) is 0 Å².